The summed E-state index contributed by atoms with van der Waals surface area (Å²) in [5.74, 6) is -1.13. The van der Waals surface area contributed by atoms with Gasteiger partial charge in [0.1, 0.15) is 0 Å². The van der Waals surface area contributed by atoms with Crippen molar-refractivity contribution < 1.29 is 28.3 Å². The molecule has 16 heavy (non-hydrogen) atoms. The van der Waals surface area contributed by atoms with Gasteiger partial charge < -0.3 is 13.9 Å². The Bertz CT molecular complexity index is 392. The minimum Gasteiger partial charge on any atom is -0.469 e. The zero-order valence-corrected chi connectivity index (χ0v) is 8.60. The highest BCUT2D eigenvalue weighted by molar-refractivity contribution is 5.78. The summed E-state index contributed by atoms with van der Waals surface area (Å²) in [6.45, 7) is 0. The first-order chi connectivity index (χ1) is 7.65. The highest BCUT2D eigenvalue weighted by Gasteiger charge is 2.11. The van der Waals surface area contributed by atoms with Crippen molar-refractivity contribution in [3.8, 4) is 5.95 Å². The van der Waals surface area contributed by atoms with Gasteiger partial charge in [-0.15, -0.1) is 0 Å². The van der Waals surface area contributed by atoms with E-state index in [2.05, 4.69) is 4.74 Å². The van der Waals surface area contributed by atoms with Gasteiger partial charge in [0, 0.05) is 6.07 Å². The molecule has 6 nitrogen and oxygen atoms in total. The Morgan fingerprint density at radius 3 is 2.56 bits per heavy atom. The van der Waals surface area contributed by atoms with Crippen LogP contribution in [0, 0.1) is 0 Å². The molecule has 6 heteroatoms. The summed E-state index contributed by atoms with van der Waals surface area (Å²) in [6.07, 6.45) is 0.326. The van der Waals surface area contributed by atoms with E-state index in [9.17, 15) is 14.4 Å². The molecule has 0 aliphatic heterocycles. The normalized spacial score (nSPS) is 9.56. The largest absolute Gasteiger partial charge is 0.469 e. The lowest BCUT2D eigenvalue weighted by Gasteiger charge is -1.99. The van der Waals surface area contributed by atoms with Crippen LogP contribution in [-0.4, -0.2) is 25.3 Å². The van der Waals surface area contributed by atoms with Gasteiger partial charge in [-0.2, -0.15) is 0 Å². The first-order valence-electron chi connectivity index (χ1n) is 4.48. The van der Waals surface area contributed by atoms with Gasteiger partial charge in [-0.3, -0.25) is 14.4 Å². The first-order valence-corrected chi connectivity index (χ1v) is 4.48. The summed E-state index contributed by atoms with van der Waals surface area (Å²) in [7, 11) is 1.23. The fraction of sp³-hybridized carbons (Fsp3) is 0.300. The number of hydrogen-bond donors (Lipinski definition) is 0. The van der Waals surface area contributed by atoms with E-state index in [4.69, 9.17) is 9.15 Å². The van der Waals surface area contributed by atoms with E-state index in [-0.39, 0.29) is 24.5 Å². The van der Waals surface area contributed by atoms with Gasteiger partial charge in [0.2, 0.25) is 0 Å². The highest BCUT2D eigenvalue weighted by Crippen LogP contribution is 2.15. The Kier molecular flexibility index (Phi) is 4.26. The quantitative estimate of drug-likeness (QED) is 0.549. The molecule has 86 valence electrons. The van der Waals surface area contributed by atoms with E-state index in [1.807, 2.05) is 0 Å². The van der Waals surface area contributed by atoms with Crippen LogP contribution < -0.4 is 4.74 Å². The van der Waals surface area contributed by atoms with Crippen LogP contribution in [0.2, 0.25) is 0 Å². The molecule has 0 bridgehead atoms. The SMILES string of the molecule is COC(=O)CCC(=O)Oc1ccc(C=O)o1. The molecule has 1 rings (SSSR count). The van der Waals surface area contributed by atoms with Crippen LogP contribution in [0.1, 0.15) is 23.4 Å². The Morgan fingerprint density at radius 1 is 1.31 bits per heavy atom. The molecule has 0 fully saturated rings. The molecule has 0 amide bonds. The smallest absolute Gasteiger partial charge is 0.314 e. The average Bonchev–Trinajstić information content (AvgIpc) is 2.73. The van der Waals surface area contributed by atoms with Crippen LogP contribution in [0.4, 0.5) is 0 Å². The molecule has 0 aliphatic rings. The maximum Gasteiger partial charge on any atom is 0.314 e. The van der Waals surface area contributed by atoms with Gasteiger partial charge in [-0.25, -0.2) is 0 Å². The Morgan fingerprint density at radius 2 is 2.00 bits per heavy atom. The lowest BCUT2D eigenvalue weighted by atomic mass is 10.3. The van der Waals surface area contributed by atoms with Gasteiger partial charge >= 0.3 is 11.9 Å². The molecule has 0 aliphatic carbocycles. The van der Waals surface area contributed by atoms with E-state index in [1.165, 1.54) is 19.2 Å². The van der Waals surface area contributed by atoms with Crippen LogP contribution in [0.5, 0.6) is 5.95 Å². The van der Waals surface area contributed by atoms with Crippen molar-refractivity contribution in [2.45, 2.75) is 12.8 Å². The zero-order chi connectivity index (χ0) is 12.0. The van der Waals surface area contributed by atoms with Crippen LogP contribution >= 0.6 is 0 Å². The number of methoxy groups -OCH3 is 1. The van der Waals surface area contributed by atoms with Crippen LogP contribution in [0.3, 0.4) is 0 Å². The van der Waals surface area contributed by atoms with Crippen LogP contribution in [-0.2, 0) is 14.3 Å². The molecule has 0 atom stereocenters. The number of rotatable bonds is 5. The molecule has 0 radical (unpaired) electrons. The molecule has 0 aromatic carbocycles. The maximum absolute atomic E-state index is 11.2. The summed E-state index contributed by atoms with van der Waals surface area (Å²) in [5.41, 5.74) is 0. The van der Waals surface area contributed by atoms with Gasteiger partial charge in [0.15, 0.2) is 12.0 Å². The van der Waals surface area contributed by atoms with Gasteiger partial charge in [0.05, 0.1) is 20.0 Å². The second-order valence-corrected chi connectivity index (χ2v) is 2.82. The van der Waals surface area contributed by atoms with Gasteiger partial charge in [-0.1, -0.05) is 0 Å². The van der Waals surface area contributed by atoms with Crippen LogP contribution in [0.25, 0.3) is 0 Å². The van der Waals surface area contributed by atoms with E-state index < -0.39 is 11.9 Å². The third-order valence-electron chi connectivity index (χ3n) is 1.69. The summed E-state index contributed by atoms with van der Waals surface area (Å²) in [5, 5.41) is 0. The predicted octanol–water partition coefficient (Wildman–Crippen LogP) is 0.951. The second-order valence-electron chi connectivity index (χ2n) is 2.82. The van der Waals surface area contributed by atoms with E-state index in [0.29, 0.717) is 6.29 Å². The predicted molar refractivity (Wildman–Crippen MR) is 51.0 cm³/mol. The molecule has 0 saturated carbocycles. The van der Waals surface area contributed by atoms with Crippen molar-refractivity contribution >= 4 is 18.2 Å². The monoisotopic (exact) mass is 226 g/mol. The standard InChI is InChI=1S/C10H10O6/c1-14-8(12)3-4-9(13)16-10-5-2-7(6-11)15-10/h2,5-6H,3-4H2,1H3. The fourth-order valence-electron chi connectivity index (χ4n) is 0.922. The van der Waals surface area contributed by atoms with E-state index >= 15 is 0 Å². The summed E-state index contributed by atoms with van der Waals surface area (Å²) in [6, 6.07) is 2.72. The number of carbonyl (C=O) groups excluding carboxylic acids is 3. The molecular weight excluding hydrogens is 216 g/mol. The van der Waals surface area contributed by atoms with Crippen molar-refractivity contribution in [3.05, 3.63) is 17.9 Å². The molecule has 0 spiro atoms. The molecule has 1 aromatic heterocycles. The van der Waals surface area contributed by atoms with Crippen LogP contribution in [0.15, 0.2) is 16.5 Å². The molecule has 0 saturated heterocycles. The molecule has 0 unspecified atom stereocenters. The van der Waals surface area contributed by atoms with E-state index in [1.54, 1.807) is 0 Å². The highest BCUT2D eigenvalue weighted by atomic mass is 16.6. The lowest BCUT2D eigenvalue weighted by Crippen LogP contribution is -2.10. The fourth-order valence-corrected chi connectivity index (χ4v) is 0.922. The number of ether oxygens (including phenoxy) is 2. The molecular formula is C10H10O6. The van der Waals surface area contributed by atoms with Gasteiger partial charge in [-0.05, 0) is 6.07 Å². The average molecular weight is 226 g/mol. The Balaban J connectivity index is 2.39. The van der Waals surface area contributed by atoms with Crippen molar-refractivity contribution in [1.82, 2.24) is 0 Å². The maximum atomic E-state index is 11.2. The van der Waals surface area contributed by atoms with Gasteiger partial charge in [0.25, 0.3) is 5.95 Å². The third kappa shape index (κ3) is 3.56. The molecule has 1 heterocycles. The van der Waals surface area contributed by atoms with Crippen molar-refractivity contribution in [3.63, 3.8) is 0 Å². The first kappa shape index (κ1) is 12.0. The minimum atomic E-state index is -0.628. The topological polar surface area (TPSA) is 82.8 Å². The van der Waals surface area contributed by atoms with E-state index in [0.717, 1.165) is 0 Å². The summed E-state index contributed by atoms with van der Waals surface area (Å²) in [4.78, 5) is 32.1. The number of hydrogen-bond acceptors (Lipinski definition) is 6. The lowest BCUT2D eigenvalue weighted by molar-refractivity contribution is -0.145. The second kappa shape index (κ2) is 5.69. The summed E-state index contributed by atoms with van der Waals surface area (Å²) < 4.78 is 13.9. The number of esters is 2. The van der Waals surface area contributed by atoms with Crippen molar-refractivity contribution in [1.29, 1.82) is 0 Å². The number of carbonyl (C=O) groups is 3. The molecule has 0 N–H and O–H groups in total. The third-order valence-corrected chi connectivity index (χ3v) is 1.69. The Labute approximate surface area is 91.1 Å². The Hall–Kier alpha value is -2.11. The molecule has 1 aromatic rings. The zero-order valence-electron chi connectivity index (χ0n) is 8.60. The number of furan rings is 1. The van der Waals surface area contributed by atoms with Crippen molar-refractivity contribution in [2.75, 3.05) is 7.11 Å². The summed E-state index contributed by atoms with van der Waals surface area (Å²) >= 11 is 0. The number of aldehydes is 1. The van der Waals surface area contributed by atoms with Crippen molar-refractivity contribution in [2.24, 2.45) is 0 Å². The minimum absolute atomic E-state index is 0.0589.